The Morgan fingerprint density at radius 3 is 1.86 bits per heavy atom. The minimum Gasteiger partial charge on any atom is -0.455 e. The number of rotatable bonds is 7. The van der Waals surface area contributed by atoms with Gasteiger partial charge in [-0.1, -0.05) is 25.5 Å². The summed E-state index contributed by atoms with van der Waals surface area (Å²) in [4.78, 5) is 0. The number of nitrogens with two attached hydrogens (primary N) is 2. The van der Waals surface area contributed by atoms with Crippen LogP contribution in [0.5, 0.6) is 11.5 Å². The van der Waals surface area contributed by atoms with E-state index in [9.17, 15) is 0 Å². The first-order chi connectivity index (χ1) is 10.2. The molecule has 2 rings (SSSR count). The lowest BCUT2D eigenvalue weighted by Gasteiger charge is -2.20. The fourth-order valence-electron chi connectivity index (χ4n) is 1.99. The summed E-state index contributed by atoms with van der Waals surface area (Å²) in [6, 6.07) is 14.7. The summed E-state index contributed by atoms with van der Waals surface area (Å²) >= 11 is 0. The van der Waals surface area contributed by atoms with E-state index in [0.717, 1.165) is 19.3 Å². The summed E-state index contributed by atoms with van der Waals surface area (Å²) in [6.45, 7) is 2.14. The molecule has 0 fully saturated rings. The number of ether oxygens (including phenoxy) is 2. The van der Waals surface area contributed by atoms with Crippen LogP contribution in [0.2, 0.25) is 0 Å². The number of anilines is 2. The lowest BCUT2D eigenvalue weighted by Crippen LogP contribution is -2.24. The molecule has 4 nitrogen and oxygen atoms in total. The van der Waals surface area contributed by atoms with E-state index in [1.165, 1.54) is 0 Å². The Hall–Kier alpha value is -2.36. The largest absolute Gasteiger partial charge is 0.455 e. The maximum atomic E-state index is 5.90. The van der Waals surface area contributed by atoms with E-state index in [4.69, 9.17) is 20.9 Å². The molecule has 0 heterocycles. The summed E-state index contributed by atoms with van der Waals surface area (Å²) in [5, 5.41) is 0. The maximum Gasteiger partial charge on any atom is 0.241 e. The van der Waals surface area contributed by atoms with Crippen LogP contribution in [-0.4, -0.2) is 6.29 Å². The van der Waals surface area contributed by atoms with Gasteiger partial charge in [0.15, 0.2) is 0 Å². The van der Waals surface area contributed by atoms with E-state index >= 15 is 0 Å². The summed E-state index contributed by atoms with van der Waals surface area (Å²) in [6.07, 6.45) is 2.56. The van der Waals surface area contributed by atoms with Gasteiger partial charge in [0, 0.05) is 29.9 Å². The Labute approximate surface area is 125 Å². The van der Waals surface area contributed by atoms with E-state index < -0.39 is 0 Å². The molecule has 0 unspecified atom stereocenters. The third kappa shape index (κ3) is 4.91. The van der Waals surface area contributed by atoms with Crippen LogP contribution < -0.4 is 20.9 Å². The van der Waals surface area contributed by atoms with Gasteiger partial charge in [0.05, 0.1) is 0 Å². The zero-order valence-corrected chi connectivity index (χ0v) is 12.3. The predicted octanol–water partition coefficient (Wildman–Crippen LogP) is 3.83. The van der Waals surface area contributed by atoms with Crippen LogP contribution in [0.4, 0.5) is 11.4 Å². The van der Waals surface area contributed by atoms with Crippen molar-refractivity contribution < 1.29 is 9.47 Å². The Morgan fingerprint density at radius 2 is 1.43 bits per heavy atom. The van der Waals surface area contributed by atoms with E-state index in [1.54, 1.807) is 12.1 Å². The monoisotopic (exact) mass is 286 g/mol. The van der Waals surface area contributed by atoms with Crippen molar-refractivity contribution in [3.8, 4) is 11.5 Å². The molecule has 0 radical (unpaired) electrons. The van der Waals surface area contributed by atoms with Crippen molar-refractivity contribution in [1.82, 2.24) is 0 Å². The van der Waals surface area contributed by atoms with Gasteiger partial charge in [0.1, 0.15) is 11.5 Å². The second-order valence-electron chi connectivity index (χ2n) is 4.95. The van der Waals surface area contributed by atoms with Gasteiger partial charge in [0.2, 0.25) is 6.29 Å². The van der Waals surface area contributed by atoms with Crippen LogP contribution in [0.15, 0.2) is 48.5 Å². The minimum atomic E-state index is -0.353. The van der Waals surface area contributed by atoms with Gasteiger partial charge in [-0.15, -0.1) is 0 Å². The third-order valence-corrected chi connectivity index (χ3v) is 3.04. The fraction of sp³-hybridized carbons (Fsp3) is 0.294. The van der Waals surface area contributed by atoms with E-state index in [0.29, 0.717) is 22.9 Å². The highest BCUT2D eigenvalue weighted by Gasteiger charge is 2.12. The van der Waals surface area contributed by atoms with Gasteiger partial charge >= 0.3 is 0 Å². The zero-order chi connectivity index (χ0) is 15.1. The lowest BCUT2D eigenvalue weighted by atomic mass is 10.2. The number of unbranched alkanes of at least 4 members (excludes halogenated alkanes) is 1. The van der Waals surface area contributed by atoms with Crippen LogP contribution in [0.1, 0.15) is 26.2 Å². The molecule has 2 aromatic rings. The van der Waals surface area contributed by atoms with Gasteiger partial charge in [-0.3, -0.25) is 0 Å². The SMILES string of the molecule is CCCCC(Oc1cccc(N)c1)Oc1cccc(N)c1. The normalized spacial score (nSPS) is 10.6. The van der Waals surface area contributed by atoms with Crippen molar-refractivity contribution in [2.24, 2.45) is 0 Å². The van der Waals surface area contributed by atoms with Crippen molar-refractivity contribution in [2.75, 3.05) is 11.5 Å². The molecule has 21 heavy (non-hydrogen) atoms. The number of nitrogen functional groups attached to an aromatic ring is 2. The highest BCUT2D eigenvalue weighted by molar-refractivity contribution is 5.44. The van der Waals surface area contributed by atoms with Gasteiger partial charge in [-0.25, -0.2) is 0 Å². The molecule has 0 bridgehead atoms. The first kappa shape index (κ1) is 15.0. The minimum absolute atomic E-state index is 0.353. The molecule has 4 heteroatoms. The zero-order valence-electron chi connectivity index (χ0n) is 12.3. The molecule has 0 saturated heterocycles. The van der Waals surface area contributed by atoms with Crippen LogP contribution in [0.25, 0.3) is 0 Å². The molecule has 2 aromatic carbocycles. The quantitative estimate of drug-likeness (QED) is 0.599. The Kier molecular flexibility index (Phi) is 5.32. The Morgan fingerprint density at radius 1 is 0.905 bits per heavy atom. The molecule has 0 spiro atoms. The molecule has 0 aliphatic carbocycles. The molecule has 4 N–H and O–H groups in total. The first-order valence-electron chi connectivity index (χ1n) is 7.22. The second-order valence-corrected chi connectivity index (χ2v) is 4.95. The molecule has 0 aliphatic rings. The van der Waals surface area contributed by atoms with Crippen LogP contribution >= 0.6 is 0 Å². The number of benzene rings is 2. The Bertz CT molecular complexity index is 525. The number of hydrogen-bond donors (Lipinski definition) is 2. The second kappa shape index (κ2) is 7.43. The van der Waals surface area contributed by atoms with Crippen molar-refractivity contribution in [1.29, 1.82) is 0 Å². The maximum absolute atomic E-state index is 5.90. The third-order valence-electron chi connectivity index (χ3n) is 3.04. The summed E-state index contributed by atoms with van der Waals surface area (Å²) < 4.78 is 11.8. The van der Waals surface area contributed by atoms with Crippen LogP contribution in [-0.2, 0) is 0 Å². The average molecular weight is 286 g/mol. The van der Waals surface area contributed by atoms with E-state index in [-0.39, 0.29) is 6.29 Å². The molecule has 0 saturated carbocycles. The van der Waals surface area contributed by atoms with Crippen molar-refractivity contribution in [2.45, 2.75) is 32.5 Å². The van der Waals surface area contributed by atoms with Gasteiger partial charge < -0.3 is 20.9 Å². The van der Waals surface area contributed by atoms with E-state index in [2.05, 4.69) is 6.92 Å². The first-order valence-corrected chi connectivity index (χ1v) is 7.22. The van der Waals surface area contributed by atoms with Gasteiger partial charge in [-0.2, -0.15) is 0 Å². The standard InChI is InChI=1S/C17H22N2O2/c1-2-3-10-17(20-15-8-4-6-13(18)11-15)21-16-9-5-7-14(19)12-16/h4-9,11-12,17H,2-3,10,18-19H2,1H3. The molecular weight excluding hydrogens is 264 g/mol. The summed E-state index contributed by atoms with van der Waals surface area (Å²) in [5.74, 6) is 1.42. The molecule has 0 aromatic heterocycles. The average Bonchev–Trinajstić information content (AvgIpc) is 2.45. The molecule has 112 valence electrons. The highest BCUT2D eigenvalue weighted by atomic mass is 16.7. The molecule has 0 atom stereocenters. The smallest absolute Gasteiger partial charge is 0.241 e. The fourth-order valence-corrected chi connectivity index (χ4v) is 1.99. The number of hydrogen-bond acceptors (Lipinski definition) is 4. The lowest BCUT2D eigenvalue weighted by molar-refractivity contribution is -0.00201. The highest BCUT2D eigenvalue weighted by Crippen LogP contribution is 2.22. The van der Waals surface area contributed by atoms with Crippen molar-refractivity contribution in [3.05, 3.63) is 48.5 Å². The summed E-state index contributed by atoms with van der Waals surface area (Å²) in [5.41, 5.74) is 12.9. The summed E-state index contributed by atoms with van der Waals surface area (Å²) in [7, 11) is 0. The van der Waals surface area contributed by atoms with Gasteiger partial charge in [0.25, 0.3) is 0 Å². The van der Waals surface area contributed by atoms with Crippen molar-refractivity contribution >= 4 is 11.4 Å². The van der Waals surface area contributed by atoms with Gasteiger partial charge in [-0.05, 0) is 30.7 Å². The topological polar surface area (TPSA) is 70.5 Å². The van der Waals surface area contributed by atoms with Crippen molar-refractivity contribution in [3.63, 3.8) is 0 Å². The Balaban J connectivity index is 2.06. The van der Waals surface area contributed by atoms with Crippen LogP contribution in [0.3, 0.4) is 0 Å². The van der Waals surface area contributed by atoms with Crippen LogP contribution in [0, 0.1) is 0 Å². The molecular formula is C17H22N2O2. The molecule has 0 aliphatic heterocycles. The van der Waals surface area contributed by atoms with E-state index in [1.807, 2.05) is 36.4 Å². The molecule has 0 amide bonds. The predicted molar refractivity (Wildman–Crippen MR) is 86.3 cm³/mol.